The number of nitro benzene ring substituents is 1. The summed E-state index contributed by atoms with van der Waals surface area (Å²) in [5.41, 5.74) is 2.04. The van der Waals surface area contributed by atoms with Gasteiger partial charge in [-0.15, -0.1) is 6.58 Å². The summed E-state index contributed by atoms with van der Waals surface area (Å²) in [6, 6.07) is 20.8. The third-order valence-electron chi connectivity index (χ3n) is 6.35. The fourth-order valence-electron chi connectivity index (χ4n) is 4.26. The van der Waals surface area contributed by atoms with Crippen molar-refractivity contribution in [3.8, 4) is 0 Å². The lowest BCUT2D eigenvalue weighted by molar-refractivity contribution is -0.384. The number of thioether (sulfide) groups is 1. The summed E-state index contributed by atoms with van der Waals surface area (Å²) in [6.45, 7) is 10.1. The van der Waals surface area contributed by atoms with Gasteiger partial charge >= 0.3 is 0 Å². The Morgan fingerprint density at radius 1 is 1.03 bits per heavy atom. The summed E-state index contributed by atoms with van der Waals surface area (Å²) in [5, 5.41) is 12.8. The maximum Gasteiger partial charge on any atom is 0.269 e. The van der Waals surface area contributed by atoms with Gasteiger partial charge in [-0.2, -0.15) is 11.8 Å². The number of non-ortho nitro benzene ring substituents is 1. The number of rotatable bonds is 10. The van der Waals surface area contributed by atoms with Crippen LogP contribution in [0.15, 0.2) is 79.4 Å². The van der Waals surface area contributed by atoms with Crippen molar-refractivity contribution >= 4 is 34.1 Å². The largest absolute Gasteiger partial charge is 0.336 e. The van der Waals surface area contributed by atoms with Crippen LogP contribution in [0.25, 0.3) is 10.8 Å². The Labute approximate surface area is 224 Å². The number of piperazine rings is 1. The molecule has 196 valence electrons. The smallest absolute Gasteiger partial charge is 0.269 e. The number of fused-ring (bicyclic) bond motifs is 1. The van der Waals surface area contributed by atoms with Crippen LogP contribution in [-0.2, 0) is 5.75 Å². The molecular formula is C30H37N3O3S. The third-order valence-corrected chi connectivity index (χ3v) is 7.47. The minimum Gasteiger partial charge on any atom is -0.336 e. The summed E-state index contributed by atoms with van der Waals surface area (Å²) in [7, 11) is 0. The van der Waals surface area contributed by atoms with Crippen LogP contribution in [0.4, 0.5) is 5.69 Å². The van der Waals surface area contributed by atoms with Crippen molar-refractivity contribution in [2.75, 3.05) is 38.5 Å². The molecule has 0 saturated carbocycles. The Bertz CT molecular complexity index is 1150. The molecule has 0 N–H and O–H groups in total. The van der Waals surface area contributed by atoms with Gasteiger partial charge in [0.2, 0.25) is 0 Å². The van der Waals surface area contributed by atoms with Gasteiger partial charge in [0.1, 0.15) is 0 Å². The minimum atomic E-state index is -0.369. The fourth-order valence-corrected chi connectivity index (χ4v) is 5.16. The topological polar surface area (TPSA) is 66.7 Å². The van der Waals surface area contributed by atoms with Crippen molar-refractivity contribution in [2.24, 2.45) is 0 Å². The average molecular weight is 520 g/mol. The van der Waals surface area contributed by atoms with Gasteiger partial charge in [0.15, 0.2) is 0 Å². The molecule has 0 atom stereocenters. The van der Waals surface area contributed by atoms with Crippen LogP contribution in [-0.4, -0.2) is 59.1 Å². The molecule has 1 heterocycles. The normalized spacial score (nSPS) is 13.6. The van der Waals surface area contributed by atoms with E-state index in [2.05, 4.69) is 18.4 Å². The molecule has 3 aromatic rings. The van der Waals surface area contributed by atoms with Crippen molar-refractivity contribution < 1.29 is 9.72 Å². The van der Waals surface area contributed by atoms with E-state index in [4.69, 9.17) is 0 Å². The lowest BCUT2D eigenvalue weighted by Crippen LogP contribution is -2.48. The zero-order chi connectivity index (χ0) is 26.5. The summed E-state index contributed by atoms with van der Waals surface area (Å²) >= 11 is 1.85. The van der Waals surface area contributed by atoms with Gasteiger partial charge in [-0.25, -0.2) is 0 Å². The van der Waals surface area contributed by atoms with Crippen molar-refractivity contribution in [3.63, 3.8) is 0 Å². The number of benzene rings is 3. The van der Waals surface area contributed by atoms with E-state index in [1.807, 2.05) is 77.3 Å². The first-order valence-electron chi connectivity index (χ1n) is 12.9. The maximum absolute atomic E-state index is 13.1. The van der Waals surface area contributed by atoms with Gasteiger partial charge in [0.25, 0.3) is 11.6 Å². The fraction of sp³-hybridized carbons (Fsp3) is 0.367. The molecule has 0 aromatic heterocycles. The molecule has 1 amide bonds. The number of hydrogen-bond acceptors (Lipinski definition) is 5. The Kier molecular flexibility index (Phi) is 11.7. The SMILES string of the molecule is C=CCCC.O=C(c1cccc2ccccc12)N1CCN(CCCSCc2ccc([N+](=O)[O-])cc2)CC1. The lowest BCUT2D eigenvalue weighted by Gasteiger charge is -2.35. The van der Waals surface area contributed by atoms with Crippen LogP contribution in [0.2, 0.25) is 0 Å². The zero-order valence-corrected chi connectivity index (χ0v) is 22.5. The second-order valence-corrected chi connectivity index (χ2v) is 10.2. The van der Waals surface area contributed by atoms with Gasteiger partial charge in [-0.1, -0.05) is 68.0 Å². The molecule has 0 aliphatic carbocycles. The van der Waals surface area contributed by atoms with E-state index in [1.54, 1.807) is 12.1 Å². The molecule has 1 aliphatic heterocycles. The second kappa shape index (κ2) is 15.2. The molecule has 0 spiro atoms. The van der Waals surface area contributed by atoms with Gasteiger partial charge in [0, 0.05) is 49.6 Å². The standard InChI is InChI=1S/C25H27N3O3S.C5H10/c29-25(24-8-3-6-21-5-1-2-7-23(21)24)27-16-14-26(15-17-27)13-4-18-32-19-20-9-11-22(12-10-20)28(30)31;1-3-5-4-2/h1-3,5-12H,4,13-19H2;3H,1,4-5H2,2H3. The molecule has 7 heteroatoms. The van der Waals surface area contributed by atoms with E-state index in [-0.39, 0.29) is 16.5 Å². The number of amides is 1. The number of unbranched alkanes of at least 4 members (excludes halogenated alkanes) is 1. The van der Waals surface area contributed by atoms with Gasteiger partial charge in [0.05, 0.1) is 4.92 Å². The summed E-state index contributed by atoms with van der Waals surface area (Å²) in [4.78, 5) is 27.8. The van der Waals surface area contributed by atoms with E-state index in [0.717, 1.165) is 79.0 Å². The third kappa shape index (κ3) is 8.72. The zero-order valence-electron chi connectivity index (χ0n) is 21.7. The molecule has 1 aliphatic rings. The van der Waals surface area contributed by atoms with Gasteiger partial charge in [-0.05, 0) is 47.5 Å². The first kappa shape index (κ1) is 28.4. The predicted octanol–water partition coefficient (Wildman–Crippen LogP) is 6.80. The Hall–Kier alpha value is -3.16. The number of nitro groups is 1. The van der Waals surface area contributed by atoms with E-state index in [9.17, 15) is 14.9 Å². The van der Waals surface area contributed by atoms with Gasteiger partial charge < -0.3 is 4.90 Å². The van der Waals surface area contributed by atoms with Crippen molar-refractivity contribution in [1.29, 1.82) is 0 Å². The number of carbonyl (C=O) groups excluding carboxylic acids is 1. The van der Waals surface area contributed by atoms with E-state index >= 15 is 0 Å². The van der Waals surface area contributed by atoms with Gasteiger partial charge in [-0.3, -0.25) is 19.8 Å². The maximum atomic E-state index is 13.1. The highest BCUT2D eigenvalue weighted by Gasteiger charge is 2.23. The molecule has 0 unspecified atom stereocenters. The first-order valence-corrected chi connectivity index (χ1v) is 14.1. The number of allylic oxidation sites excluding steroid dienone is 1. The van der Waals surface area contributed by atoms with E-state index in [0.29, 0.717) is 0 Å². The average Bonchev–Trinajstić information content (AvgIpc) is 2.93. The molecular weight excluding hydrogens is 482 g/mol. The molecule has 4 rings (SSSR count). The molecule has 3 aromatic carbocycles. The highest BCUT2D eigenvalue weighted by atomic mass is 32.2. The molecule has 1 fully saturated rings. The number of nitrogens with zero attached hydrogens (tertiary/aromatic N) is 3. The summed E-state index contributed by atoms with van der Waals surface area (Å²) in [6.07, 6.45) is 5.40. The Balaban J connectivity index is 0.000000695. The van der Waals surface area contributed by atoms with Crippen LogP contribution in [0, 0.1) is 10.1 Å². The number of hydrogen-bond donors (Lipinski definition) is 0. The van der Waals surface area contributed by atoms with Crippen LogP contribution in [0.1, 0.15) is 42.1 Å². The highest BCUT2D eigenvalue weighted by Crippen LogP contribution is 2.21. The van der Waals surface area contributed by atoms with Crippen molar-refractivity contribution in [2.45, 2.75) is 31.9 Å². The van der Waals surface area contributed by atoms with Crippen LogP contribution in [0.5, 0.6) is 0 Å². The summed E-state index contributed by atoms with van der Waals surface area (Å²) < 4.78 is 0. The predicted molar refractivity (Wildman–Crippen MR) is 155 cm³/mol. The van der Waals surface area contributed by atoms with Crippen LogP contribution >= 0.6 is 11.8 Å². The number of carbonyl (C=O) groups is 1. The van der Waals surface area contributed by atoms with E-state index in [1.165, 1.54) is 6.42 Å². The van der Waals surface area contributed by atoms with E-state index < -0.39 is 0 Å². The summed E-state index contributed by atoms with van der Waals surface area (Å²) in [5.74, 6) is 2.04. The van der Waals surface area contributed by atoms with Crippen molar-refractivity contribution in [3.05, 3.63) is 101 Å². The van der Waals surface area contributed by atoms with Crippen LogP contribution in [0.3, 0.4) is 0 Å². The Morgan fingerprint density at radius 2 is 1.73 bits per heavy atom. The molecule has 0 radical (unpaired) electrons. The highest BCUT2D eigenvalue weighted by molar-refractivity contribution is 7.98. The molecule has 0 bridgehead atoms. The van der Waals surface area contributed by atoms with Crippen LogP contribution < -0.4 is 0 Å². The molecule has 1 saturated heterocycles. The minimum absolute atomic E-state index is 0.125. The quantitative estimate of drug-likeness (QED) is 0.128. The first-order chi connectivity index (χ1) is 18.0. The second-order valence-electron chi connectivity index (χ2n) is 9.07. The molecule has 6 nitrogen and oxygen atoms in total. The monoisotopic (exact) mass is 519 g/mol. The molecule has 37 heavy (non-hydrogen) atoms. The Morgan fingerprint density at radius 3 is 2.38 bits per heavy atom. The lowest BCUT2D eigenvalue weighted by atomic mass is 10.0. The van der Waals surface area contributed by atoms with Crippen molar-refractivity contribution in [1.82, 2.24) is 9.80 Å².